The molecule has 0 aliphatic carbocycles. The number of hydrogen-bond acceptors (Lipinski definition) is 5. The summed E-state index contributed by atoms with van der Waals surface area (Å²) in [6, 6.07) is 11.7. The minimum absolute atomic E-state index is 0.0444. The molecule has 0 spiro atoms. The number of rotatable bonds is 6. The lowest BCUT2D eigenvalue weighted by molar-refractivity contribution is -0.132. The van der Waals surface area contributed by atoms with Gasteiger partial charge in [0.25, 0.3) is 11.8 Å². The first kappa shape index (κ1) is 21.0. The highest BCUT2D eigenvalue weighted by molar-refractivity contribution is 6.31. The molecule has 2 aromatic rings. The fourth-order valence-electron chi connectivity index (χ4n) is 3.56. The van der Waals surface area contributed by atoms with Crippen LogP contribution in [-0.4, -0.2) is 55.5 Å². The van der Waals surface area contributed by atoms with Crippen molar-refractivity contribution in [3.05, 3.63) is 47.5 Å². The quantitative estimate of drug-likeness (QED) is 0.741. The van der Waals surface area contributed by atoms with Gasteiger partial charge in [0.1, 0.15) is 18.0 Å². The number of hydrogen-bond donors (Lipinski definition) is 1. The van der Waals surface area contributed by atoms with Crippen LogP contribution in [0.2, 0.25) is 5.02 Å². The lowest BCUT2D eigenvalue weighted by Gasteiger charge is -2.29. The van der Waals surface area contributed by atoms with Gasteiger partial charge in [0.15, 0.2) is 13.2 Å². The third-order valence-corrected chi connectivity index (χ3v) is 5.34. The summed E-state index contributed by atoms with van der Waals surface area (Å²) in [4.78, 5) is 40.1. The van der Waals surface area contributed by atoms with Gasteiger partial charge in [-0.05, 0) is 43.2 Å². The molecule has 9 heteroatoms. The predicted octanol–water partition coefficient (Wildman–Crippen LogP) is 2.71. The number of nitrogens with one attached hydrogen (secondary N) is 1. The number of ether oxygens (including phenoxy) is 2. The summed E-state index contributed by atoms with van der Waals surface area (Å²) in [5.74, 6) is 0.212. The highest BCUT2D eigenvalue weighted by Crippen LogP contribution is 2.34. The predicted molar refractivity (Wildman–Crippen MR) is 116 cm³/mol. The van der Waals surface area contributed by atoms with Crippen molar-refractivity contribution in [3.8, 4) is 11.5 Å². The van der Waals surface area contributed by atoms with Gasteiger partial charge in [-0.15, -0.1) is 0 Å². The Morgan fingerprint density at radius 2 is 1.94 bits per heavy atom. The van der Waals surface area contributed by atoms with Gasteiger partial charge in [0.05, 0.1) is 5.69 Å². The Morgan fingerprint density at radius 1 is 1.13 bits per heavy atom. The van der Waals surface area contributed by atoms with Crippen LogP contribution >= 0.6 is 11.6 Å². The fraction of sp³-hybridized carbons (Fsp3) is 0.318. The van der Waals surface area contributed by atoms with Gasteiger partial charge in [-0.2, -0.15) is 0 Å². The molecule has 162 valence electrons. The van der Waals surface area contributed by atoms with Crippen molar-refractivity contribution >= 4 is 40.7 Å². The maximum atomic E-state index is 12.6. The molecule has 8 nitrogen and oxygen atoms in total. The zero-order chi connectivity index (χ0) is 21.8. The second kappa shape index (κ2) is 9.26. The summed E-state index contributed by atoms with van der Waals surface area (Å²) >= 11 is 6.03. The van der Waals surface area contributed by atoms with E-state index in [2.05, 4.69) is 5.32 Å². The van der Waals surface area contributed by atoms with E-state index in [1.54, 1.807) is 47.4 Å². The number of carbonyl (C=O) groups is 3. The number of amides is 3. The molecule has 4 rings (SSSR count). The van der Waals surface area contributed by atoms with Crippen molar-refractivity contribution in [1.29, 1.82) is 0 Å². The van der Waals surface area contributed by atoms with Gasteiger partial charge in [-0.1, -0.05) is 17.7 Å². The topological polar surface area (TPSA) is 88.2 Å². The van der Waals surface area contributed by atoms with Gasteiger partial charge in [0, 0.05) is 29.9 Å². The third-order valence-electron chi connectivity index (χ3n) is 5.10. The Hall–Kier alpha value is -3.26. The normalized spacial score (nSPS) is 15.3. The fourth-order valence-corrected chi connectivity index (χ4v) is 3.73. The molecule has 2 heterocycles. The monoisotopic (exact) mass is 443 g/mol. The number of fused-ring (bicyclic) bond motifs is 1. The van der Waals surface area contributed by atoms with Crippen LogP contribution in [0.3, 0.4) is 0 Å². The van der Waals surface area contributed by atoms with E-state index >= 15 is 0 Å². The number of likely N-dealkylation sites (tertiary alicyclic amines) is 1. The van der Waals surface area contributed by atoms with Crippen LogP contribution in [0.1, 0.15) is 12.8 Å². The van der Waals surface area contributed by atoms with Crippen LogP contribution in [-0.2, 0) is 14.4 Å². The Labute approximate surface area is 184 Å². The molecule has 31 heavy (non-hydrogen) atoms. The average Bonchev–Trinajstić information content (AvgIpc) is 3.29. The van der Waals surface area contributed by atoms with Crippen molar-refractivity contribution < 1.29 is 23.9 Å². The summed E-state index contributed by atoms with van der Waals surface area (Å²) in [5.41, 5.74) is 0.958. The molecular weight excluding hydrogens is 422 g/mol. The van der Waals surface area contributed by atoms with E-state index in [-0.39, 0.29) is 37.5 Å². The summed E-state index contributed by atoms with van der Waals surface area (Å²) in [7, 11) is 0. The summed E-state index contributed by atoms with van der Waals surface area (Å²) in [6.07, 6.45) is 2.05. The summed E-state index contributed by atoms with van der Waals surface area (Å²) in [6.45, 7) is 1.17. The SMILES string of the molecule is O=C(CN1C(=O)COc2ccc(Cl)cc21)Nc1cccc(OCC(=O)N2CCCC2)c1. The first-order valence-corrected chi connectivity index (χ1v) is 10.4. The third kappa shape index (κ3) is 5.08. The van der Waals surface area contributed by atoms with Crippen LogP contribution in [0.4, 0.5) is 11.4 Å². The first-order valence-electron chi connectivity index (χ1n) is 10.0. The van der Waals surface area contributed by atoms with Crippen molar-refractivity contribution in [2.45, 2.75) is 12.8 Å². The molecule has 2 aliphatic rings. The minimum atomic E-state index is -0.383. The van der Waals surface area contributed by atoms with Crippen molar-refractivity contribution in [3.63, 3.8) is 0 Å². The zero-order valence-electron chi connectivity index (χ0n) is 16.8. The number of benzene rings is 2. The lowest BCUT2D eigenvalue weighted by atomic mass is 10.2. The first-order chi connectivity index (χ1) is 15.0. The van der Waals surface area contributed by atoms with E-state index in [0.717, 1.165) is 25.9 Å². The maximum Gasteiger partial charge on any atom is 0.265 e. The van der Waals surface area contributed by atoms with Gasteiger partial charge in [0.2, 0.25) is 5.91 Å². The van der Waals surface area contributed by atoms with E-state index in [1.165, 1.54) is 4.90 Å². The molecule has 1 saturated heterocycles. The van der Waals surface area contributed by atoms with Crippen LogP contribution in [0.15, 0.2) is 42.5 Å². The number of carbonyl (C=O) groups excluding carboxylic acids is 3. The molecule has 0 radical (unpaired) electrons. The molecule has 0 saturated carbocycles. The number of anilines is 2. The molecule has 0 atom stereocenters. The van der Waals surface area contributed by atoms with Crippen molar-refractivity contribution in [1.82, 2.24) is 4.90 Å². The lowest BCUT2D eigenvalue weighted by Crippen LogP contribution is -2.43. The summed E-state index contributed by atoms with van der Waals surface area (Å²) < 4.78 is 11.0. The second-order valence-electron chi connectivity index (χ2n) is 7.33. The van der Waals surface area contributed by atoms with Crippen LogP contribution in [0.25, 0.3) is 0 Å². The smallest absolute Gasteiger partial charge is 0.265 e. The van der Waals surface area contributed by atoms with E-state index in [9.17, 15) is 14.4 Å². The van der Waals surface area contributed by atoms with Crippen LogP contribution < -0.4 is 19.7 Å². The van der Waals surface area contributed by atoms with Gasteiger partial charge in [-0.3, -0.25) is 19.3 Å². The molecule has 0 unspecified atom stereocenters. The highest BCUT2D eigenvalue weighted by Gasteiger charge is 2.27. The largest absolute Gasteiger partial charge is 0.484 e. The Morgan fingerprint density at radius 3 is 2.74 bits per heavy atom. The highest BCUT2D eigenvalue weighted by atomic mass is 35.5. The van der Waals surface area contributed by atoms with E-state index in [0.29, 0.717) is 27.9 Å². The molecule has 1 N–H and O–H groups in total. The second-order valence-corrected chi connectivity index (χ2v) is 7.77. The average molecular weight is 444 g/mol. The van der Waals surface area contributed by atoms with Crippen LogP contribution in [0, 0.1) is 0 Å². The molecular formula is C22H22ClN3O5. The molecule has 0 aromatic heterocycles. The van der Waals surface area contributed by atoms with E-state index < -0.39 is 0 Å². The Balaban J connectivity index is 1.37. The maximum absolute atomic E-state index is 12.6. The Kier molecular flexibility index (Phi) is 6.27. The molecule has 2 aliphatic heterocycles. The van der Waals surface area contributed by atoms with Crippen molar-refractivity contribution in [2.24, 2.45) is 0 Å². The van der Waals surface area contributed by atoms with E-state index in [4.69, 9.17) is 21.1 Å². The van der Waals surface area contributed by atoms with Crippen LogP contribution in [0.5, 0.6) is 11.5 Å². The van der Waals surface area contributed by atoms with Gasteiger partial charge in [-0.25, -0.2) is 0 Å². The molecule has 3 amide bonds. The number of nitrogens with zero attached hydrogens (tertiary/aromatic N) is 2. The van der Waals surface area contributed by atoms with Gasteiger partial charge < -0.3 is 19.7 Å². The van der Waals surface area contributed by atoms with Gasteiger partial charge >= 0.3 is 0 Å². The Bertz CT molecular complexity index is 1010. The molecule has 0 bridgehead atoms. The summed E-state index contributed by atoms with van der Waals surface area (Å²) in [5, 5.41) is 3.20. The minimum Gasteiger partial charge on any atom is -0.484 e. The zero-order valence-corrected chi connectivity index (χ0v) is 17.6. The number of halogens is 1. The standard InChI is InChI=1S/C22H22ClN3O5/c23-15-6-7-19-18(10-15)26(22(29)14-31-19)12-20(27)24-16-4-3-5-17(11-16)30-13-21(28)25-8-1-2-9-25/h3-7,10-11H,1-2,8-9,12-14H2,(H,24,27). The van der Waals surface area contributed by atoms with Crippen molar-refractivity contribution in [2.75, 3.05) is 43.1 Å². The molecule has 2 aromatic carbocycles. The molecule has 1 fully saturated rings. The van der Waals surface area contributed by atoms with E-state index in [1.807, 2.05) is 0 Å².